The van der Waals surface area contributed by atoms with Crippen LogP contribution in [0.25, 0.3) is 10.6 Å². The fourth-order valence-electron chi connectivity index (χ4n) is 1.78. The van der Waals surface area contributed by atoms with Crippen molar-refractivity contribution in [2.75, 3.05) is 0 Å². The molecule has 1 heterocycles. The van der Waals surface area contributed by atoms with Gasteiger partial charge in [0.2, 0.25) is 0 Å². The number of halogens is 4. The van der Waals surface area contributed by atoms with E-state index in [0.29, 0.717) is 11.8 Å². The van der Waals surface area contributed by atoms with E-state index in [4.69, 9.17) is 0 Å². The maximum absolute atomic E-state index is 13.2. The Balaban J connectivity index is 2.66. The molecule has 0 aliphatic rings. The van der Waals surface area contributed by atoms with Gasteiger partial charge in [-0.05, 0) is 25.1 Å². The molecule has 0 saturated carbocycles. The number of carbonyl (C=O) groups is 1. The van der Waals surface area contributed by atoms with E-state index in [9.17, 15) is 22.4 Å². The lowest BCUT2D eigenvalue weighted by Gasteiger charge is -2.10. The van der Waals surface area contributed by atoms with Gasteiger partial charge in [-0.15, -0.1) is 11.3 Å². The molecular formula is C13H9F4NOS. The van der Waals surface area contributed by atoms with E-state index >= 15 is 0 Å². The van der Waals surface area contributed by atoms with Crippen LogP contribution in [0.1, 0.15) is 27.9 Å². The van der Waals surface area contributed by atoms with Crippen molar-refractivity contribution in [1.29, 1.82) is 0 Å². The minimum Gasteiger partial charge on any atom is -0.294 e. The van der Waals surface area contributed by atoms with Crippen LogP contribution < -0.4 is 0 Å². The molecular weight excluding hydrogens is 294 g/mol. The van der Waals surface area contributed by atoms with Crippen molar-refractivity contribution in [3.05, 3.63) is 40.2 Å². The number of alkyl halides is 3. The van der Waals surface area contributed by atoms with E-state index < -0.39 is 17.6 Å². The van der Waals surface area contributed by atoms with Crippen molar-refractivity contribution < 1.29 is 22.4 Å². The second-order valence-corrected chi connectivity index (χ2v) is 5.18. The van der Waals surface area contributed by atoms with Gasteiger partial charge in [-0.3, -0.25) is 4.79 Å². The highest BCUT2D eigenvalue weighted by Crippen LogP contribution is 2.39. The van der Waals surface area contributed by atoms with E-state index in [2.05, 4.69) is 4.98 Å². The minimum atomic E-state index is -4.61. The monoisotopic (exact) mass is 303 g/mol. The summed E-state index contributed by atoms with van der Waals surface area (Å²) in [5, 5.41) is -0.0143. The highest BCUT2D eigenvalue weighted by atomic mass is 32.1. The van der Waals surface area contributed by atoms with Gasteiger partial charge >= 0.3 is 6.18 Å². The van der Waals surface area contributed by atoms with Crippen LogP contribution in [0.4, 0.5) is 17.6 Å². The molecule has 0 spiro atoms. The number of nitrogens with zero attached hydrogens (tertiary/aromatic N) is 1. The maximum Gasteiger partial charge on any atom is 0.417 e. The molecule has 0 amide bonds. The largest absolute Gasteiger partial charge is 0.417 e. The van der Waals surface area contributed by atoms with Gasteiger partial charge in [0.15, 0.2) is 5.78 Å². The lowest BCUT2D eigenvalue weighted by Crippen LogP contribution is -2.07. The predicted octanol–water partition coefficient (Wildman–Crippen LogP) is 4.48. The molecule has 0 bridgehead atoms. The molecule has 0 atom stereocenters. The molecule has 2 rings (SSSR count). The van der Waals surface area contributed by atoms with Crippen molar-refractivity contribution in [2.24, 2.45) is 0 Å². The van der Waals surface area contributed by atoms with Crippen LogP contribution in [0.5, 0.6) is 0 Å². The first-order valence-corrected chi connectivity index (χ1v) is 6.37. The van der Waals surface area contributed by atoms with Crippen molar-refractivity contribution in [3.63, 3.8) is 0 Å². The zero-order chi connectivity index (χ0) is 15.1. The molecule has 0 N–H and O–H groups in total. The van der Waals surface area contributed by atoms with E-state index in [0.717, 1.165) is 23.5 Å². The summed E-state index contributed by atoms with van der Waals surface area (Å²) in [6, 6.07) is 2.21. The zero-order valence-electron chi connectivity index (χ0n) is 10.5. The van der Waals surface area contributed by atoms with Crippen LogP contribution in [-0.2, 0) is 6.18 Å². The van der Waals surface area contributed by atoms with Crippen LogP contribution in [0, 0.1) is 12.7 Å². The molecule has 0 aliphatic heterocycles. The average molecular weight is 303 g/mol. The van der Waals surface area contributed by atoms with Gasteiger partial charge in [0, 0.05) is 12.5 Å². The summed E-state index contributed by atoms with van der Waals surface area (Å²) in [6.07, 6.45) is -4.61. The molecule has 0 unspecified atom stereocenters. The van der Waals surface area contributed by atoms with Gasteiger partial charge in [-0.1, -0.05) is 0 Å². The number of benzene rings is 1. The fourth-order valence-corrected chi connectivity index (χ4v) is 2.77. The summed E-state index contributed by atoms with van der Waals surface area (Å²) >= 11 is 0.832. The van der Waals surface area contributed by atoms with Crippen LogP contribution in [0.2, 0.25) is 0 Å². The molecule has 106 valence electrons. The molecule has 0 aliphatic carbocycles. The van der Waals surface area contributed by atoms with Crippen LogP contribution in [0.15, 0.2) is 18.2 Å². The second kappa shape index (κ2) is 4.97. The predicted molar refractivity (Wildman–Crippen MR) is 67.3 cm³/mol. The van der Waals surface area contributed by atoms with Crippen molar-refractivity contribution in [1.82, 2.24) is 4.98 Å². The van der Waals surface area contributed by atoms with Crippen LogP contribution in [0.3, 0.4) is 0 Å². The third-order valence-corrected chi connectivity index (χ3v) is 3.93. The Morgan fingerprint density at radius 2 is 1.95 bits per heavy atom. The molecule has 2 nitrogen and oxygen atoms in total. The Bertz CT molecular complexity index is 675. The molecule has 7 heteroatoms. The average Bonchev–Trinajstić information content (AvgIpc) is 2.69. The Labute approximate surface area is 116 Å². The first-order valence-electron chi connectivity index (χ1n) is 5.55. The number of carbonyl (C=O) groups excluding carboxylic acids is 1. The van der Waals surface area contributed by atoms with E-state index in [1.54, 1.807) is 0 Å². The summed E-state index contributed by atoms with van der Waals surface area (Å²) in [4.78, 5) is 15.6. The van der Waals surface area contributed by atoms with Crippen LogP contribution >= 0.6 is 11.3 Å². The van der Waals surface area contributed by atoms with Crippen molar-refractivity contribution >= 4 is 17.1 Å². The molecule has 0 saturated heterocycles. The number of thiazole rings is 1. The summed E-state index contributed by atoms with van der Waals surface area (Å²) in [5.74, 6) is -1.07. The number of hydrogen-bond acceptors (Lipinski definition) is 3. The highest BCUT2D eigenvalue weighted by Gasteiger charge is 2.34. The first kappa shape index (κ1) is 14.6. The van der Waals surface area contributed by atoms with Gasteiger partial charge < -0.3 is 0 Å². The SMILES string of the molecule is CC(=O)c1sc(-c2cc(F)ccc2C(F)(F)F)nc1C. The molecule has 0 fully saturated rings. The Morgan fingerprint density at radius 3 is 2.45 bits per heavy atom. The third-order valence-electron chi connectivity index (χ3n) is 2.63. The van der Waals surface area contributed by atoms with E-state index in [1.807, 2.05) is 0 Å². The number of ketones is 1. The molecule has 20 heavy (non-hydrogen) atoms. The molecule has 1 aromatic carbocycles. The maximum atomic E-state index is 13.2. The van der Waals surface area contributed by atoms with Gasteiger partial charge in [0.25, 0.3) is 0 Å². The Hall–Kier alpha value is -1.76. The van der Waals surface area contributed by atoms with Crippen molar-refractivity contribution in [2.45, 2.75) is 20.0 Å². The Morgan fingerprint density at radius 1 is 1.30 bits per heavy atom. The summed E-state index contributed by atoms with van der Waals surface area (Å²) in [5.41, 5.74) is -0.976. The minimum absolute atomic E-state index is 0.0143. The first-order chi connectivity index (χ1) is 9.20. The van der Waals surface area contributed by atoms with Gasteiger partial charge in [0.05, 0.1) is 16.1 Å². The van der Waals surface area contributed by atoms with E-state index in [-0.39, 0.29) is 21.2 Å². The number of rotatable bonds is 2. The third kappa shape index (κ3) is 2.72. The lowest BCUT2D eigenvalue weighted by molar-refractivity contribution is -0.137. The van der Waals surface area contributed by atoms with E-state index in [1.165, 1.54) is 13.8 Å². The van der Waals surface area contributed by atoms with Crippen LogP contribution in [-0.4, -0.2) is 10.8 Å². The zero-order valence-corrected chi connectivity index (χ0v) is 11.3. The topological polar surface area (TPSA) is 30.0 Å². The molecule has 2 aromatic rings. The number of hydrogen-bond donors (Lipinski definition) is 0. The normalized spacial score (nSPS) is 11.7. The number of Topliss-reactive ketones (excluding diaryl/α,β-unsaturated/α-hetero) is 1. The van der Waals surface area contributed by atoms with Gasteiger partial charge in [-0.2, -0.15) is 13.2 Å². The quantitative estimate of drug-likeness (QED) is 0.605. The Kier molecular flexibility index (Phi) is 3.64. The second-order valence-electron chi connectivity index (χ2n) is 4.18. The summed E-state index contributed by atoms with van der Waals surface area (Å²) < 4.78 is 52.0. The standard InChI is InChI=1S/C13H9F4NOS/c1-6-11(7(2)19)20-12(18-6)9-5-8(14)3-4-10(9)13(15,16)17/h3-5H,1-2H3. The van der Waals surface area contributed by atoms with Gasteiger partial charge in [-0.25, -0.2) is 9.37 Å². The number of aromatic nitrogens is 1. The smallest absolute Gasteiger partial charge is 0.294 e. The summed E-state index contributed by atoms with van der Waals surface area (Å²) in [6.45, 7) is 2.84. The number of aryl methyl sites for hydroxylation is 1. The molecule has 0 radical (unpaired) electrons. The molecule has 1 aromatic heterocycles. The van der Waals surface area contributed by atoms with Gasteiger partial charge in [0.1, 0.15) is 10.8 Å². The highest BCUT2D eigenvalue weighted by molar-refractivity contribution is 7.17. The lowest BCUT2D eigenvalue weighted by atomic mass is 10.1. The summed E-state index contributed by atoms with van der Waals surface area (Å²) in [7, 11) is 0. The fraction of sp³-hybridized carbons (Fsp3) is 0.231. The van der Waals surface area contributed by atoms with Crippen molar-refractivity contribution in [3.8, 4) is 10.6 Å².